The zero-order chi connectivity index (χ0) is 18.4. The van der Waals surface area contributed by atoms with Gasteiger partial charge in [0.05, 0.1) is 13.0 Å². The third-order valence-electron chi connectivity index (χ3n) is 5.11. The molecule has 0 spiro atoms. The Balaban J connectivity index is 1.49. The van der Waals surface area contributed by atoms with E-state index in [1.54, 1.807) is 7.05 Å². The molecule has 0 radical (unpaired) electrons. The van der Waals surface area contributed by atoms with E-state index in [1.165, 1.54) is 18.4 Å². The highest BCUT2D eigenvalue weighted by molar-refractivity contribution is 5.80. The maximum Gasteiger partial charge on any atom is 0.308 e. The van der Waals surface area contributed by atoms with Crippen molar-refractivity contribution in [3.8, 4) is 0 Å². The highest BCUT2D eigenvalue weighted by Crippen LogP contribution is 2.19. The summed E-state index contributed by atoms with van der Waals surface area (Å²) in [4.78, 5) is 20.6. The summed E-state index contributed by atoms with van der Waals surface area (Å²) < 4.78 is 4.85. The van der Waals surface area contributed by atoms with Crippen LogP contribution in [0.1, 0.15) is 18.4 Å². The largest absolute Gasteiger partial charge is 0.469 e. The molecule has 3 rings (SSSR count). The van der Waals surface area contributed by atoms with Crippen LogP contribution in [0.2, 0.25) is 0 Å². The molecule has 2 heterocycles. The second-order valence-corrected chi connectivity index (χ2v) is 6.73. The Kier molecular flexibility index (Phi) is 6.15. The number of carbonyl (C=O) groups excluding carboxylic acids is 1. The average Bonchev–Trinajstić information content (AvgIpc) is 3.23. The number of nitrogens with one attached hydrogen (secondary N) is 1. The summed E-state index contributed by atoms with van der Waals surface area (Å²) >= 11 is 0. The first kappa shape index (κ1) is 18.3. The molecule has 2 aliphatic rings. The number of likely N-dealkylation sites (tertiary alicyclic amines) is 1. The van der Waals surface area contributed by atoms with E-state index in [4.69, 9.17) is 4.74 Å². The van der Waals surface area contributed by atoms with Crippen LogP contribution in [0.4, 0.5) is 5.69 Å². The number of anilines is 1. The van der Waals surface area contributed by atoms with Crippen LogP contribution < -0.4 is 10.2 Å². The molecule has 0 saturated carbocycles. The number of hydrogen-bond donors (Lipinski definition) is 1. The van der Waals surface area contributed by atoms with Gasteiger partial charge in [0.2, 0.25) is 0 Å². The van der Waals surface area contributed by atoms with Gasteiger partial charge in [0.15, 0.2) is 5.96 Å². The van der Waals surface area contributed by atoms with Crippen molar-refractivity contribution in [3.05, 3.63) is 42.0 Å². The molecule has 0 unspecified atom stereocenters. The first-order valence-corrected chi connectivity index (χ1v) is 9.23. The number of guanidine groups is 1. The summed E-state index contributed by atoms with van der Waals surface area (Å²) in [5.41, 5.74) is 2.49. The Bertz CT molecular complexity index is 653. The molecule has 0 bridgehead atoms. The van der Waals surface area contributed by atoms with Crippen LogP contribution in [0, 0.1) is 5.92 Å². The van der Waals surface area contributed by atoms with Crippen LogP contribution in [-0.2, 0) is 16.1 Å². The lowest BCUT2D eigenvalue weighted by molar-refractivity contribution is -0.146. The Labute approximate surface area is 155 Å². The maximum atomic E-state index is 11.7. The fourth-order valence-corrected chi connectivity index (χ4v) is 3.52. The SMILES string of the molecule is CN=C(NCc1ccc(N2CC=CC2)cc1)N1CCC(C(=O)OC)CC1. The maximum absolute atomic E-state index is 11.7. The summed E-state index contributed by atoms with van der Waals surface area (Å²) in [6.07, 6.45) is 6.02. The van der Waals surface area contributed by atoms with E-state index >= 15 is 0 Å². The van der Waals surface area contributed by atoms with Crippen molar-refractivity contribution in [2.24, 2.45) is 10.9 Å². The van der Waals surface area contributed by atoms with Gasteiger partial charge in [-0.15, -0.1) is 0 Å². The molecule has 6 nitrogen and oxygen atoms in total. The van der Waals surface area contributed by atoms with E-state index in [0.29, 0.717) is 0 Å². The molecule has 140 valence electrons. The fourth-order valence-electron chi connectivity index (χ4n) is 3.52. The zero-order valence-corrected chi connectivity index (χ0v) is 15.6. The highest BCUT2D eigenvalue weighted by atomic mass is 16.5. The number of aliphatic imine (C=N–C) groups is 1. The number of hydrogen-bond acceptors (Lipinski definition) is 4. The molecule has 0 atom stereocenters. The van der Waals surface area contributed by atoms with Gasteiger partial charge >= 0.3 is 5.97 Å². The van der Waals surface area contributed by atoms with Crippen molar-refractivity contribution in [2.45, 2.75) is 19.4 Å². The van der Waals surface area contributed by atoms with Gasteiger partial charge in [-0.05, 0) is 30.5 Å². The van der Waals surface area contributed by atoms with E-state index < -0.39 is 0 Å². The topological polar surface area (TPSA) is 57.2 Å². The number of ether oxygens (including phenoxy) is 1. The summed E-state index contributed by atoms with van der Waals surface area (Å²) in [5, 5.41) is 3.44. The normalized spacial score (nSPS) is 18.3. The highest BCUT2D eigenvalue weighted by Gasteiger charge is 2.26. The van der Waals surface area contributed by atoms with Gasteiger partial charge < -0.3 is 19.9 Å². The lowest BCUT2D eigenvalue weighted by atomic mass is 9.97. The quantitative estimate of drug-likeness (QED) is 0.387. The molecular weight excluding hydrogens is 328 g/mol. The zero-order valence-electron chi connectivity index (χ0n) is 15.6. The van der Waals surface area contributed by atoms with Gasteiger partial charge in [-0.1, -0.05) is 24.3 Å². The van der Waals surface area contributed by atoms with E-state index in [2.05, 4.69) is 56.5 Å². The van der Waals surface area contributed by atoms with Gasteiger partial charge in [0, 0.05) is 45.5 Å². The molecule has 6 heteroatoms. The monoisotopic (exact) mass is 356 g/mol. The van der Waals surface area contributed by atoms with Gasteiger partial charge in [-0.3, -0.25) is 9.79 Å². The Morgan fingerprint density at radius 1 is 1.19 bits per heavy atom. The summed E-state index contributed by atoms with van der Waals surface area (Å²) in [7, 11) is 3.26. The second kappa shape index (κ2) is 8.74. The molecule has 26 heavy (non-hydrogen) atoms. The Morgan fingerprint density at radius 3 is 2.42 bits per heavy atom. The molecule has 0 amide bonds. The van der Waals surface area contributed by atoms with Crippen LogP contribution in [-0.4, -0.2) is 57.2 Å². The van der Waals surface area contributed by atoms with Crippen molar-refractivity contribution >= 4 is 17.6 Å². The van der Waals surface area contributed by atoms with E-state index in [-0.39, 0.29) is 11.9 Å². The van der Waals surface area contributed by atoms with E-state index in [0.717, 1.165) is 51.5 Å². The number of esters is 1. The fraction of sp³-hybridized carbons (Fsp3) is 0.500. The van der Waals surface area contributed by atoms with Crippen molar-refractivity contribution in [3.63, 3.8) is 0 Å². The second-order valence-electron chi connectivity index (χ2n) is 6.73. The number of rotatable bonds is 4. The summed E-state index contributed by atoms with van der Waals surface area (Å²) in [6.45, 7) is 4.36. The van der Waals surface area contributed by atoms with Crippen LogP contribution in [0.3, 0.4) is 0 Å². The van der Waals surface area contributed by atoms with Crippen molar-refractivity contribution in [1.82, 2.24) is 10.2 Å². The van der Waals surface area contributed by atoms with Crippen LogP contribution in [0.15, 0.2) is 41.4 Å². The first-order chi connectivity index (χ1) is 12.7. The van der Waals surface area contributed by atoms with Gasteiger partial charge in [-0.2, -0.15) is 0 Å². The Hall–Kier alpha value is -2.50. The predicted molar refractivity (Wildman–Crippen MR) is 104 cm³/mol. The Morgan fingerprint density at radius 2 is 1.85 bits per heavy atom. The van der Waals surface area contributed by atoms with Crippen LogP contribution in [0.25, 0.3) is 0 Å². The van der Waals surface area contributed by atoms with Gasteiger partial charge in [-0.25, -0.2) is 0 Å². The van der Waals surface area contributed by atoms with Crippen molar-refractivity contribution in [1.29, 1.82) is 0 Å². The third kappa shape index (κ3) is 4.36. The summed E-state index contributed by atoms with van der Waals surface area (Å²) in [6, 6.07) is 8.68. The van der Waals surface area contributed by atoms with Crippen molar-refractivity contribution < 1.29 is 9.53 Å². The molecular formula is C20H28N4O2. The molecule has 1 aromatic carbocycles. The van der Waals surface area contributed by atoms with E-state index in [1.807, 2.05) is 0 Å². The number of carbonyl (C=O) groups is 1. The number of benzene rings is 1. The smallest absolute Gasteiger partial charge is 0.308 e. The number of methoxy groups -OCH3 is 1. The minimum Gasteiger partial charge on any atom is -0.469 e. The minimum atomic E-state index is -0.0964. The number of nitrogens with zero attached hydrogens (tertiary/aromatic N) is 3. The lowest BCUT2D eigenvalue weighted by Crippen LogP contribution is -2.46. The molecule has 1 aromatic rings. The summed E-state index contributed by atoms with van der Waals surface area (Å²) in [5.74, 6) is 0.809. The van der Waals surface area contributed by atoms with Crippen LogP contribution >= 0.6 is 0 Å². The molecule has 0 aliphatic carbocycles. The van der Waals surface area contributed by atoms with Gasteiger partial charge in [0.25, 0.3) is 0 Å². The molecule has 0 aromatic heterocycles. The molecule has 1 fully saturated rings. The minimum absolute atomic E-state index is 0.0157. The average molecular weight is 356 g/mol. The first-order valence-electron chi connectivity index (χ1n) is 9.23. The van der Waals surface area contributed by atoms with Crippen molar-refractivity contribution in [2.75, 3.05) is 45.2 Å². The molecule has 1 N–H and O–H groups in total. The van der Waals surface area contributed by atoms with E-state index in [9.17, 15) is 4.79 Å². The lowest BCUT2D eigenvalue weighted by Gasteiger charge is -2.33. The van der Waals surface area contributed by atoms with Gasteiger partial charge in [0.1, 0.15) is 0 Å². The molecule has 1 saturated heterocycles. The number of piperidine rings is 1. The standard InChI is InChI=1S/C20H28N4O2/c1-21-20(24-13-9-17(10-14-24)19(25)26-2)22-15-16-5-7-18(8-6-16)23-11-3-4-12-23/h3-8,17H,9-15H2,1-2H3,(H,21,22). The third-order valence-corrected chi connectivity index (χ3v) is 5.11. The predicted octanol–water partition coefficient (Wildman–Crippen LogP) is 2.02. The van der Waals surface area contributed by atoms with Crippen LogP contribution in [0.5, 0.6) is 0 Å². The molecule has 2 aliphatic heterocycles.